The van der Waals surface area contributed by atoms with Crippen LogP contribution in [0, 0.1) is 20.2 Å². The Kier molecular flexibility index (Phi) is 5.50. The van der Waals surface area contributed by atoms with E-state index in [1.807, 2.05) is 0 Å². The summed E-state index contributed by atoms with van der Waals surface area (Å²) in [5.41, 5.74) is -1.06. The summed E-state index contributed by atoms with van der Waals surface area (Å²) < 4.78 is 21.6. The molecule has 0 aliphatic heterocycles. The first-order valence-corrected chi connectivity index (χ1v) is 7.84. The molecule has 124 valence electrons. The van der Waals surface area contributed by atoms with E-state index in [1.54, 1.807) is 0 Å². The molecular weight excluding hydrogens is 386 g/mol. The van der Waals surface area contributed by atoms with Crippen molar-refractivity contribution in [2.24, 2.45) is 0 Å². The third-order valence-corrected chi connectivity index (χ3v) is 3.74. The molecule has 0 N–H and O–H groups in total. The van der Waals surface area contributed by atoms with E-state index in [9.17, 15) is 24.8 Å². The van der Waals surface area contributed by atoms with Crippen LogP contribution < -0.4 is 9.05 Å². The number of rotatable bonds is 6. The van der Waals surface area contributed by atoms with Gasteiger partial charge in [-0.15, -0.1) is 0 Å². The second kappa shape index (κ2) is 7.39. The molecule has 0 atom stereocenters. The molecular formula is C12H6Cl2N2O7P+. The minimum absolute atomic E-state index is 0.0820. The Morgan fingerprint density at radius 2 is 1.21 bits per heavy atom. The molecule has 0 amide bonds. The van der Waals surface area contributed by atoms with E-state index in [4.69, 9.17) is 32.2 Å². The monoisotopic (exact) mass is 391 g/mol. The number of nitro benzene ring substituents is 2. The molecule has 0 saturated heterocycles. The van der Waals surface area contributed by atoms with E-state index in [2.05, 4.69) is 0 Å². The average molecular weight is 392 g/mol. The average Bonchev–Trinajstić information content (AvgIpc) is 2.50. The normalized spacial score (nSPS) is 10.1. The molecule has 0 aromatic heterocycles. The summed E-state index contributed by atoms with van der Waals surface area (Å²) >= 11 is 11.3. The zero-order chi connectivity index (χ0) is 17.9. The summed E-state index contributed by atoms with van der Waals surface area (Å²) in [7, 11) is -2.98. The fourth-order valence-electron chi connectivity index (χ4n) is 1.60. The second-order valence-electron chi connectivity index (χ2n) is 4.14. The van der Waals surface area contributed by atoms with Crippen LogP contribution in [-0.4, -0.2) is 9.85 Å². The van der Waals surface area contributed by atoms with Gasteiger partial charge in [-0.2, -0.15) is 0 Å². The predicted molar refractivity (Wildman–Crippen MR) is 85.1 cm³/mol. The summed E-state index contributed by atoms with van der Waals surface area (Å²) in [5, 5.41) is 22.0. The molecule has 9 nitrogen and oxygen atoms in total. The maximum Gasteiger partial charge on any atom is 0.806 e. The van der Waals surface area contributed by atoms with Gasteiger partial charge in [-0.25, -0.2) is 9.05 Å². The number of benzene rings is 2. The van der Waals surface area contributed by atoms with Crippen LogP contribution in [0.1, 0.15) is 0 Å². The van der Waals surface area contributed by atoms with Gasteiger partial charge in [0.2, 0.25) is 0 Å². The minimum Gasteiger partial charge on any atom is -0.258 e. The molecule has 0 unspecified atom stereocenters. The van der Waals surface area contributed by atoms with E-state index in [1.165, 1.54) is 12.1 Å². The fraction of sp³-hybridized carbons (Fsp3) is 0. The van der Waals surface area contributed by atoms with Crippen molar-refractivity contribution in [3.8, 4) is 11.5 Å². The van der Waals surface area contributed by atoms with Crippen LogP contribution >= 0.6 is 31.5 Å². The number of hydrogen-bond acceptors (Lipinski definition) is 7. The van der Waals surface area contributed by atoms with Crippen molar-refractivity contribution in [3.05, 3.63) is 66.7 Å². The largest absolute Gasteiger partial charge is 0.806 e. The Morgan fingerprint density at radius 3 is 1.54 bits per heavy atom. The van der Waals surface area contributed by atoms with Crippen molar-refractivity contribution in [2.75, 3.05) is 0 Å². The van der Waals surface area contributed by atoms with Crippen LogP contribution in [0.4, 0.5) is 11.4 Å². The summed E-state index contributed by atoms with van der Waals surface area (Å²) in [5.74, 6) is -0.718. The number of halogens is 2. The van der Waals surface area contributed by atoms with Gasteiger partial charge in [0, 0.05) is 26.7 Å². The van der Waals surface area contributed by atoms with Crippen molar-refractivity contribution in [3.63, 3.8) is 0 Å². The smallest absolute Gasteiger partial charge is 0.258 e. The van der Waals surface area contributed by atoms with Gasteiger partial charge in [-0.3, -0.25) is 20.2 Å². The predicted octanol–water partition coefficient (Wildman–Crippen LogP) is 4.93. The third kappa shape index (κ3) is 4.29. The van der Waals surface area contributed by atoms with E-state index in [0.717, 1.165) is 24.3 Å². The highest BCUT2D eigenvalue weighted by Gasteiger charge is 2.33. The van der Waals surface area contributed by atoms with Crippen molar-refractivity contribution >= 4 is 42.8 Å². The molecule has 0 aliphatic carbocycles. The van der Waals surface area contributed by atoms with E-state index in [0.29, 0.717) is 0 Å². The van der Waals surface area contributed by atoms with E-state index >= 15 is 0 Å². The van der Waals surface area contributed by atoms with Crippen LogP contribution in [0.25, 0.3) is 0 Å². The quantitative estimate of drug-likeness (QED) is 0.388. The first-order valence-electron chi connectivity index (χ1n) is 5.99. The van der Waals surface area contributed by atoms with Gasteiger partial charge in [-0.05, 0) is 24.3 Å². The summed E-state index contributed by atoms with van der Waals surface area (Å²) in [6.45, 7) is 0. The van der Waals surface area contributed by atoms with Crippen LogP contribution in [0.15, 0.2) is 36.4 Å². The van der Waals surface area contributed by atoms with E-state index in [-0.39, 0.29) is 21.5 Å². The molecule has 24 heavy (non-hydrogen) atoms. The summed E-state index contributed by atoms with van der Waals surface area (Å²) in [6, 6.07) is 6.85. The van der Waals surface area contributed by atoms with Gasteiger partial charge in [0.15, 0.2) is 0 Å². The molecule has 0 saturated carbocycles. The number of nitrogens with zero attached hydrogens (tertiary/aromatic N) is 2. The molecule has 0 bridgehead atoms. The lowest BCUT2D eigenvalue weighted by Crippen LogP contribution is -1.97. The number of nitro groups is 2. The molecule has 2 aromatic rings. The van der Waals surface area contributed by atoms with Crippen molar-refractivity contribution < 1.29 is 23.5 Å². The Bertz CT molecular complexity index is 779. The highest BCUT2D eigenvalue weighted by Crippen LogP contribution is 2.40. The van der Waals surface area contributed by atoms with Gasteiger partial charge in [-0.1, -0.05) is 23.2 Å². The van der Waals surface area contributed by atoms with Crippen LogP contribution in [0.3, 0.4) is 0 Å². The SMILES string of the molecule is O=[N+]([O-])c1cc(Cl)ccc1O[P+](=O)Oc1ccc(Cl)cc1[N+](=O)[O-]. The Morgan fingerprint density at radius 1 is 0.833 bits per heavy atom. The van der Waals surface area contributed by atoms with Gasteiger partial charge in [0.05, 0.1) is 9.85 Å². The molecule has 0 radical (unpaired) electrons. The van der Waals surface area contributed by atoms with Crippen molar-refractivity contribution in [2.45, 2.75) is 0 Å². The maximum atomic E-state index is 11.9. The highest BCUT2D eigenvalue weighted by molar-refractivity contribution is 7.34. The van der Waals surface area contributed by atoms with Gasteiger partial charge in [0.25, 0.3) is 11.5 Å². The standard InChI is InChI=1S/C12H6Cl2N2O7P/c13-7-1-3-11(9(5-7)15(17)18)22-24(21)23-12-4-2-8(14)6-10(12)16(19)20/h1-6H/q+1. The molecule has 2 rings (SSSR count). The third-order valence-electron chi connectivity index (χ3n) is 2.58. The lowest BCUT2D eigenvalue weighted by atomic mass is 10.3. The Hall–Kier alpha value is -2.48. The number of hydrogen-bond donors (Lipinski definition) is 0. The Labute approximate surface area is 145 Å². The zero-order valence-electron chi connectivity index (χ0n) is 11.4. The van der Waals surface area contributed by atoms with Crippen LogP contribution in [0.2, 0.25) is 10.0 Å². The van der Waals surface area contributed by atoms with Crippen molar-refractivity contribution in [1.29, 1.82) is 0 Å². The highest BCUT2D eigenvalue weighted by atomic mass is 35.5. The van der Waals surface area contributed by atoms with Gasteiger partial charge >= 0.3 is 19.6 Å². The molecule has 0 heterocycles. The molecule has 12 heteroatoms. The topological polar surface area (TPSA) is 122 Å². The van der Waals surface area contributed by atoms with Gasteiger partial charge in [0.1, 0.15) is 0 Å². The van der Waals surface area contributed by atoms with Crippen molar-refractivity contribution in [1.82, 2.24) is 0 Å². The van der Waals surface area contributed by atoms with Crippen LogP contribution in [-0.2, 0) is 4.57 Å². The minimum atomic E-state index is -2.98. The second-order valence-corrected chi connectivity index (χ2v) is 5.83. The molecule has 0 spiro atoms. The van der Waals surface area contributed by atoms with Crippen LogP contribution in [0.5, 0.6) is 11.5 Å². The van der Waals surface area contributed by atoms with Gasteiger partial charge < -0.3 is 0 Å². The first kappa shape index (κ1) is 17.9. The first-order chi connectivity index (χ1) is 11.3. The summed E-state index contributed by atoms with van der Waals surface area (Å²) in [6.07, 6.45) is 0. The molecule has 0 aliphatic rings. The lowest BCUT2D eigenvalue weighted by Gasteiger charge is -1.99. The zero-order valence-corrected chi connectivity index (χ0v) is 13.8. The molecule has 0 fully saturated rings. The lowest BCUT2D eigenvalue weighted by molar-refractivity contribution is -0.385. The maximum absolute atomic E-state index is 11.9. The summed E-state index contributed by atoms with van der Waals surface area (Å²) in [4.78, 5) is 20.3. The fourth-order valence-corrected chi connectivity index (χ4v) is 2.60. The van der Waals surface area contributed by atoms with E-state index < -0.39 is 29.5 Å². The Balaban J connectivity index is 2.24. The molecule has 2 aromatic carbocycles.